The van der Waals surface area contributed by atoms with E-state index in [1.54, 1.807) is 0 Å². The fourth-order valence-corrected chi connectivity index (χ4v) is 3.19. The van der Waals surface area contributed by atoms with Crippen LogP contribution in [-0.2, 0) is 0 Å². The van der Waals surface area contributed by atoms with Gasteiger partial charge in [0.05, 0.1) is 0 Å². The van der Waals surface area contributed by atoms with Gasteiger partial charge in [0, 0.05) is 11.5 Å². The number of hydrogen-bond acceptors (Lipinski definition) is 3. The highest BCUT2D eigenvalue weighted by molar-refractivity contribution is 5.85. The Morgan fingerprint density at radius 3 is 2.45 bits per heavy atom. The Morgan fingerprint density at radius 1 is 1.25 bits per heavy atom. The van der Waals surface area contributed by atoms with E-state index in [0.717, 1.165) is 25.4 Å². The van der Waals surface area contributed by atoms with Gasteiger partial charge in [-0.3, -0.25) is 0 Å². The first-order valence-corrected chi connectivity index (χ1v) is 8.23. The van der Waals surface area contributed by atoms with Crippen LogP contribution in [0.1, 0.15) is 72.1 Å². The van der Waals surface area contributed by atoms with E-state index in [2.05, 4.69) is 17.0 Å². The van der Waals surface area contributed by atoms with Crippen LogP contribution in [0.3, 0.4) is 0 Å². The number of oxime groups is 1. The summed E-state index contributed by atoms with van der Waals surface area (Å²) in [5.41, 5.74) is 5.53. The Balaban J connectivity index is 2.28. The van der Waals surface area contributed by atoms with Crippen molar-refractivity contribution in [3.63, 3.8) is 0 Å². The number of hydrogen-bond donors (Lipinski definition) is 2. The molecular formula is C16H33N3O. The van der Waals surface area contributed by atoms with Crippen LogP contribution in [0.5, 0.6) is 0 Å². The molecule has 0 aromatic carbocycles. The minimum Gasteiger partial charge on any atom is -0.409 e. The van der Waals surface area contributed by atoms with E-state index < -0.39 is 0 Å². The summed E-state index contributed by atoms with van der Waals surface area (Å²) in [6, 6.07) is 0.811. The Bertz CT molecular complexity index is 296. The zero-order chi connectivity index (χ0) is 15.0. The Hall–Kier alpha value is -0.770. The van der Waals surface area contributed by atoms with E-state index in [-0.39, 0.29) is 5.41 Å². The number of nitrogens with two attached hydrogens (primary N) is 1. The molecule has 1 aliphatic carbocycles. The number of amidine groups is 1. The average Bonchev–Trinajstić information content (AvgIpc) is 2.47. The second-order valence-corrected chi connectivity index (χ2v) is 6.75. The number of nitrogens with zero attached hydrogens (tertiary/aromatic N) is 2. The number of unbranched alkanes of at least 4 members (excludes halogenated alkanes) is 1. The largest absolute Gasteiger partial charge is 0.409 e. The van der Waals surface area contributed by atoms with Crippen LogP contribution in [0.4, 0.5) is 0 Å². The normalized spacial score (nSPS) is 18.7. The van der Waals surface area contributed by atoms with E-state index >= 15 is 0 Å². The van der Waals surface area contributed by atoms with Crippen molar-refractivity contribution in [2.75, 3.05) is 13.1 Å². The zero-order valence-electron chi connectivity index (χ0n) is 13.6. The molecule has 0 saturated heterocycles. The van der Waals surface area contributed by atoms with E-state index in [0.29, 0.717) is 5.84 Å². The molecule has 4 nitrogen and oxygen atoms in total. The molecule has 1 fully saturated rings. The Kier molecular flexibility index (Phi) is 7.35. The van der Waals surface area contributed by atoms with Gasteiger partial charge in [0.1, 0.15) is 5.84 Å². The standard InChI is InChI=1S/C16H33N3O/c1-4-19(14-10-6-5-7-11-14)13-9-8-12-16(2,3)15(17)18-20/h14,20H,4-13H2,1-3H3,(H2,17,18). The highest BCUT2D eigenvalue weighted by Gasteiger charge is 2.23. The molecule has 0 aromatic heterocycles. The fraction of sp³-hybridized carbons (Fsp3) is 0.938. The van der Waals surface area contributed by atoms with Crippen molar-refractivity contribution >= 4 is 5.84 Å². The van der Waals surface area contributed by atoms with Crippen molar-refractivity contribution in [1.29, 1.82) is 0 Å². The lowest BCUT2D eigenvalue weighted by Gasteiger charge is -2.33. The van der Waals surface area contributed by atoms with Gasteiger partial charge in [-0.05, 0) is 38.8 Å². The van der Waals surface area contributed by atoms with Gasteiger partial charge in [0.2, 0.25) is 0 Å². The van der Waals surface area contributed by atoms with Crippen LogP contribution in [0.2, 0.25) is 0 Å². The molecule has 0 atom stereocenters. The van der Waals surface area contributed by atoms with Crippen LogP contribution < -0.4 is 5.73 Å². The quantitative estimate of drug-likeness (QED) is 0.235. The van der Waals surface area contributed by atoms with Gasteiger partial charge in [-0.25, -0.2) is 0 Å². The highest BCUT2D eigenvalue weighted by Crippen LogP contribution is 2.25. The molecule has 0 bridgehead atoms. The first-order valence-electron chi connectivity index (χ1n) is 8.23. The highest BCUT2D eigenvalue weighted by atomic mass is 16.4. The minimum absolute atomic E-state index is 0.198. The van der Waals surface area contributed by atoms with E-state index in [4.69, 9.17) is 10.9 Å². The summed E-state index contributed by atoms with van der Waals surface area (Å²) in [7, 11) is 0. The molecular weight excluding hydrogens is 250 g/mol. The lowest BCUT2D eigenvalue weighted by atomic mass is 9.86. The summed E-state index contributed by atoms with van der Waals surface area (Å²) in [6.07, 6.45) is 10.3. The van der Waals surface area contributed by atoms with Gasteiger partial charge in [-0.1, -0.05) is 51.6 Å². The molecule has 0 unspecified atom stereocenters. The summed E-state index contributed by atoms with van der Waals surface area (Å²) in [6.45, 7) is 8.71. The molecule has 0 aliphatic heterocycles. The molecule has 1 rings (SSSR count). The molecule has 20 heavy (non-hydrogen) atoms. The Labute approximate surface area is 124 Å². The van der Waals surface area contributed by atoms with Crippen molar-refractivity contribution in [3.05, 3.63) is 0 Å². The fourth-order valence-electron chi connectivity index (χ4n) is 3.19. The first-order chi connectivity index (χ1) is 9.51. The Morgan fingerprint density at radius 2 is 1.90 bits per heavy atom. The molecule has 4 heteroatoms. The van der Waals surface area contributed by atoms with E-state index in [1.807, 2.05) is 13.8 Å². The maximum absolute atomic E-state index is 8.78. The molecule has 0 heterocycles. The van der Waals surface area contributed by atoms with Gasteiger partial charge < -0.3 is 15.8 Å². The van der Waals surface area contributed by atoms with Crippen LogP contribution in [0, 0.1) is 5.41 Å². The van der Waals surface area contributed by atoms with Crippen molar-refractivity contribution in [3.8, 4) is 0 Å². The van der Waals surface area contributed by atoms with Crippen molar-refractivity contribution in [1.82, 2.24) is 4.90 Å². The lowest BCUT2D eigenvalue weighted by molar-refractivity contribution is 0.159. The molecule has 0 spiro atoms. The van der Waals surface area contributed by atoms with Crippen LogP contribution in [0.15, 0.2) is 5.16 Å². The lowest BCUT2D eigenvalue weighted by Crippen LogP contribution is -2.37. The SMILES string of the molecule is CCN(CCCCC(C)(C)C(N)=NO)C1CCCCC1. The van der Waals surface area contributed by atoms with Gasteiger partial charge in [-0.15, -0.1) is 0 Å². The van der Waals surface area contributed by atoms with Crippen LogP contribution >= 0.6 is 0 Å². The van der Waals surface area contributed by atoms with Crippen molar-refractivity contribution in [2.24, 2.45) is 16.3 Å². The summed E-state index contributed by atoms with van der Waals surface area (Å²) in [5.74, 6) is 0.345. The van der Waals surface area contributed by atoms with Gasteiger partial charge in [0.15, 0.2) is 0 Å². The minimum atomic E-state index is -0.198. The van der Waals surface area contributed by atoms with Gasteiger partial charge in [0.25, 0.3) is 0 Å². The summed E-state index contributed by atoms with van der Waals surface area (Å²) in [5, 5.41) is 11.9. The summed E-state index contributed by atoms with van der Waals surface area (Å²) in [4.78, 5) is 2.65. The molecule has 1 aliphatic rings. The van der Waals surface area contributed by atoms with Crippen LogP contribution in [0.25, 0.3) is 0 Å². The van der Waals surface area contributed by atoms with E-state index in [1.165, 1.54) is 45.1 Å². The third-order valence-corrected chi connectivity index (χ3v) is 4.80. The predicted octanol–water partition coefficient (Wildman–Crippen LogP) is 3.58. The smallest absolute Gasteiger partial charge is 0.144 e. The molecule has 3 N–H and O–H groups in total. The third kappa shape index (κ3) is 5.31. The zero-order valence-corrected chi connectivity index (χ0v) is 13.6. The maximum atomic E-state index is 8.78. The third-order valence-electron chi connectivity index (χ3n) is 4.80. The van der Waals surface area contributed by atoms with Crippen LogP contribution in [-0.4, -0.2) is 35.1 Å². The average molecular weight is 283 g/mol. The molecule has 0 aromatic rings. The first kappa shape index (κ1) is 17.3. The molecule has 0 radical (unpaired) electrons. The monoisotopic (exact) mass is 283 g/mol. The molecule has 118 valence electrons. The topological polar surface area (TPSA) is 61.8 Å². The summed E-state index contributed by atoms with van der Waals surface area (Å²) >= 11 is 0. The number of rotatable bonds is 8. The maximum Gasteiger partial charge on any atom is 0.144 e. The molecule has 0 amide bonds. The summed E-state index contributed by atoms with van der Waals surface area (Å²) < 4.78 is 0. The van der Waals surface area contributed by atoms with Gasteiger partial charge in [-0.2, -0.15) is 0 Å². The van der Waals surface area contributed by atoms with Crippen molar-refractivity contribution in [2.45, 2.75) is 78.2 Å². The van der Waals surface area contributed by atoms with Gasteiger partial charge >= 0.3 is 0 Å². The predicted molar refractivity (Wildman–Crippen MR) is 85.2 cm³/mol. The van der Waals surface area contributed by atoms with Crippen molar-refractivity contribution < 1.29 is 5.21 Å². The second kappa shape index (κ2) is 8.50. The van der Waals surface area contributed by atoms with E-state index in [9.17, 15) is 0 Å². The second-order valence-electron chi connectivity index (χ2n) is 6.75. The molecule has 1 saturated carbocycles.